The van der Waals surface area contributed by atoms with Gasteiger partial charge in [-0.2, -0.15) is 0 Å². The summed E-state index contributed by atoms with van der Waals surface area (Å²) in [6.07, 6.45) is 2.82. The first-order valence-corrected chi connectivity index (χ1v) is 3.54. The zero-order valence-electron chi connectivity index (χ0n) is 4.06. The standard InChI is InChI=1S/C5H3FN.Sn/c6-5-2-1-3-7-4-5;/h1,3-4H;. The van der Waals surface area contributed by atoms with Crippen molar-refractivity contribution in [2.45, 2.75) is 0 Å². The third kappa shape index (κ3) is 1.18. The van der Waals surface area contributed by atoms with E-state index in [9.17, 15) is 4.39 Å². The summed E-state index contributed by atoms with van der Waals surface area (Å²) >= 11 is 1.09. The van der Waals surface area contributed by atoms with Gasteiger partial charge in [-0.25, -0.2) is 0 Å². The van der Waals surface area contributed by atoms with E-state index in [1.165, 1.54) is 6.20 Å². The van der Waals surface area contributed by atoms with Gasteiger partial charge in [0, 0.05) is 0 Å². The molecule has 39 valence electrons. The Morgan fingerprint density at radius 3 is 2.75 bits per heavy atom. The van der Waals surface area contributed by atoms with Crippen molar-refractivity contribution >= 4 is 26.1 Å². The molecule has 0 aliphatic carbocycles. The molecular formula is C5H3FNSn. The molecule has 0 unspecified atom stereocenters. The maximum atomic E-state index is 12.3. The third-order valence-electron chi connectivity index (χ3n) is 0.772. The number of hydrogen-bond donors (Lipinski definition) is 0. The van der Waals surface area contributed by atoms with E-state index in [1.54, 1.807) is 12.3 Å². The van der Waals surface area contributed by atoms with E-state index in [4.69, 9.17) is 0 Å². The number of halogens is 1. The molecular weight excluding hydrogens is 212 g/mol. The molecule has 0 N–H and O–H groups in total. The molecule has 8 heavy (non-hydrogen) atoms. The quantitative estimate of drug-likeness (QED) is 0.555. The van der Waals surface area contributed by atoms with Gasteiger partial charge in [0.2, 0.25) is 0 Å². The number of pyridine rings is 1. The monoisotopic (exact) mass is 216 g/mol. The van der Waals surface area contributed by atoms with Crippen LogP contribution in [0.3, 0.4) is 0 Å². The summed E-state index contributed by atoms with van der Waals surface area (Å²) in [6.45, 7) is 0. The van der Waals surface area contributed by atoms with Crippen LogP contribution in [-0.2, 0) is 0 Å². The van der Waals surface area contributed by atoms with Crippen molar-refractivity contribution in [1.29, 1.82) is 0 Å². The van der Waals surface area contributed by atoms with Crippen molar-refractivity contribution in [2.75, 3.05) is 0 Å². The molecule has 1 rings (SSSR count). The van der Waals surface area contributed by atoms with Crippen molar-refractivity contribution in [3.05, 3.63) is 24.3 Å². The summed E-state index contributed by atoms with van der Waals surface area (Å²) in [5, 5.41) is 0. The molecule has 1 aromatic heterocycles. The first-order valence-electron chi connectivity index (χ1n) is 2.12. The summed E-state index contributed by atoms with van der Waals surface area (Å²) in [5.41, 5.74) is 0. The molecule has 3 heteroatoms. The minimum atomic E-state index is -0.203. The van der Waals surface area contributed by atoms with Crippen LogP contribution in [-0.4, -0.2) is 27.5 Å². The zero-order chi connectivity index (χ0) is 5.98. The average molecular weight is 215 g/mol. The number of nitrogens with zero attached hydrogens (tertiary/aromatic N) is 1. The number of hydrogen-bond acceptors (Lipinski definition) is 1. The topological polar surface area (TPSA) is 12.9 Å². The first kappa shape index (κ1) is 6.01. The van der Waals surface area contributed by atoms with Gasteiger partial charge >= 0.3 is 59.8 Å². The van der Waals surface area contributed by atoms with E-state index < -0.39 is 0 Å². The normalized spacial score (nSPS) is 9.25. The molecule has 3 radical (unpaired) electrons. The Kier molecular flexibility index (Phi) is 1.83. The Labute approximate surface area is 60.0 Å². The maximum absolute atomic E-state index is 12.3. The summed E-state index contributed by atoms with van der Waals surface area (Å²) < 4.78 is 13.0. The minimum absolute atomic E-state index is 0.203. The molecule has 0 aliphatic heterocycles. The third-order valence-corrected chi connectivity index (χ3v) is 1.93. The van der Waals surface area contributed by atoms with Gasteiger partial charge in [0.25, 0.3) is 0 Å². The molecule has 0 saturated carbocycles. The Balaban J connectivity index is 3.13. The summed E-state index contributed by atoms with van der Waals surface area (Å²) in [5.74, 6) is -0.203. The van der Waals surface area contributed by atoms with Crippen LogP contribution in [0.5, 0.6) is 0 Å². The SMILES string of the molecule is Fc1cncc[c]1[Sn]. The van der Waals surface area contributed by atoms with Gasteiger partial charge in [-0.15, -0.1) is 0 Å². The van der Waals surface area contributed by atoms with E-state index in [2.05, 4.69) is 4.98 Å². The van der Waals surface area contributed by atoms with Crippen molar-refractivity contribution in [2.24, 2.45) is 0 Å². The number of aromatic nitrogens is 1. The molecule has 0 bridgehead atoms. The van der Waals surface area contributed by atoms with Gasteiger partial charge in [-0.05, 0) is 0 Å². The van der Waals surface area contributed by atoms with Crippen LogP contribution in [0.25, 0.3) is 0 Å². The molecule has 0 aliphatic rings. The van der Waals surface area contributed by atoms with Crippen LogP contribution < -0.4 is 3.58 Å². The molecule has 0 amide bonds. The molecule has 0 aromatic carbocycles. The summed E-state index contributed by atoms with van der Waals surface area (Å²) in [6, 6.07) is 1.67. The van der Waals surface area contributed by atoms with Crippen LogP contribution in [0.15, 0.2) is 18.5 Å². The van der Waals surface area contributed by atoms with Crippen LogP contribution in [0.1, 0.15) is 0 Å². The van der Waals surface area contributed by atoms with Gasteiger partial charge in [0.15, 0.2) is 0 Å². The molecule has 0 fully saturated rings. The second kappa shape index (κ2) is 2.44. The predicted molar refractivity (Wildman–Crippen MR) is 29.6 cm³/mol. The molecule has 1 nitrogen and oxygen atoms in total. The van der Waals surface area contributed by atoms with Gasteiger partial charge in [0.1, 0.15) is 0 Å². The fraction of sp³-hybridized carbons (Fsp3) is 0. The van der Waals surface area contributed by atoms with E-state index >= 15 is 0 Å². The Bertz CT molecular complexity index is 169. The molecule has 0 atom stereocenters. The molecule has 0 spiro atoms. The Hall–Kier alpha value is -0.121. The Morgan fingerprint density at radius 1 is 1.62 bits per heavy atom. The van der Waals surface area contributed by atoms with Gasteiger partial charge in [-0.3, -0.25) is 0 Å². The molecule has 1 heterocycles. The molecule has 1 aromatic rings. The molecule has 0 saturated heterocycles. The van der Waals surface area contributed by atoms with Gasteiger partial charge < -0.3 is 0 Å². The Morgan fingerprint density at radius 2 is 2.38 bits per heavy atom. The fourth-order valence-electron chi connectivity index (χ4n) is 0.375. The van der Waals surface area contributed by atoms with E-state index in [1.807, 2.05) is 0 Å². The van der Waals surface area contributed by atoms with Crippen LogP contribution in [0, 0.1) is 5.82 Å². The van der Waals surface area contributed by atoms with E-state index in [0.717, 1.165) is 26.1 Å². The van der Waals surface area contributed by atoms with Crippen molar-refractivity contribution in [3.63, 3.8) is 0 Å². The average Bonchev–Trinajstić information content (AvgIpc) is 1.77. The summed E-state index contributed by atoms with van der Waals surface area (Å²) in [4.78, 5) is 3.58. The van der Waals surface area contributed by atoms with Crippen LogP contribution in [0.2, 0.25) is 0 Å². The van der Waals surface area contributed by atoms with Gasteiger partial charge in [-0.1, -0.05) is 0 Å². The van der Waals surface area contributed by atoms with Crippen LogP contribution >= 0.6 is 0 Å². The second-order valence-corrected chi connectivity index (χ2v) is 2.89. The second-order valence-electron chi connectivity index (χ2n) is 1.36. The van der Waals surface area contributed by atoms with Crippen molar-refractivity contribution in [1.82, 2.24) is 4.98 Å². The van der Waals surface area contributed by atoms with Crippen LogP contribution in [0.4, 0.5) is 4.39 Å². The van der Waals surface area contributed by atoms with Crippen molar-refractivity contribution in [3.8, 4) is 0 Å². The predicted octanol–water partition coefficient (Wildman–Crippen LogP) is 0.0145. The van der Waals surface area contributed by atoms with Gasteiger partial charge in [0.05, 0.1) is 0 Å². The zero-order valence-corrected chi connectivity index (χ0v) is 6.91. The number of rotatable bonds is 0. The first-order chi connectivity index (χ1) is 3.80. The summed E-state index contributed by atoms with van der Waals surface area (Å²) in [7, 11) is 0. The van der Waals surface area contributed by atoms with Crippen molar-refractivity contribution < 1.29 is 4.39 Å². The van der Waals surface area contributed by atoms with E-state index in [-0.39, 0.29) is 5.82 Å². The van der Waals surface area contributed by atoms with E-state index in [0.29, 0.717) is 0 Å². The fourth-order valence-corrected chi connectivity index (χ4v) is 0.772.